The van der Waals surface area contributed by atoms with Crippen LogP contribution in [-0.4, -0.2) is 22.9 Å². The minimum absolute atomic E-state index is 0.0942. The van der Waals surface area contributed by atoms with E-state index in [-0.39, 0.29) is 5.41 Å². The van der Waals surface area contributed by atoms with Gasteiger partial charge in [0.25, 0.3) is 0 Å². The van der Waals surface area contributed by atoms with Gasteiger partial charge in [-0.2, -0.15) is 5.10 Å². The van der Waals surface area contributed by atoms with Gasteiger partial charge in [-0.15, -0.1) is 0 Å². The Bertz CT molecular complexity index is 398. The first-order chi connectivity index (χ1) is 7.91. The molecule has 1 aromatic rings. The van der Waals surface area contributed by atoms with Crippen LogP contribution in [0.4, 0.5) is 0 Å². The van der Waals surface area contributed by atoms with E-state index in [1.165, 1.54) is 28.7 Å². The number of rotatable bonds is 1. The lowest BCUT2D eigenvalue weighted by Gasteiger charge is -2.23. The van der Waals surface area contributed by atoms with Crippen molar-refractivity contribution in [3.05, 3.63) is 15.9 Å². The highest BCUT2D eigenvalue weighted by Gasteiger charge is 2.28. The molecular formula is C13H22BrN3. The first kappa shape index (κ1) is 13.1. The molecule has 1 atom stereocenters. The van der Waals surface area contributed by atoms with Gasteiger partial charge in [-0.25, -0.2) is 0 Å². The van der Waals surface area contributed by atoms with Crippen molar-refractivity contribution in [3.8, 4) is 0 Å². The predicted octanol–water partition coefficient (Wildman–Crippen LogP) is 2.95. The molecule has 2 heterocycles. The quantitative estimate of drug-likeness (QED) is 0.864. The smallest absolute Gasteiger partial charge is 0.0822 e. The van der Waals surface area contributed by atoms with Crippen LogP contribution in [0.3, 0.4) is 0 Å². The molecule has 1 unspecified atom stereocenters. The second-order valence-corrected chi connectivity index (χ2v) is 6.76. The molecule has 0 radical (unpaired) electrons. The number of aromatic nitrogens is 2. The van der Waals surface area contributed by atoms with Gasteiger partial charge in [-0.3, -0.25) is 4.68 Å². The van der Waals surface area contributed by atoms with Crippen molar-refractivity contribution in [2.45, 2.75) is 44.9 Å². The zero-order chi connectivity index (χ0) is 12.6. The van der Waals surface area contributed by atoms with E-state index in [2.05, 4.69) is 53.7 Å². The second kappa shape index (κ2) is 4.73. The minimum Gasteiger partial charge on any atom is -0.316 e. The lowest BCUT2D eigenvalue weighted by Crippen LogP contribution is -2.29. The van der Waals surface area contributed by atoms with Crippen molar-refractivity contribution >= 4 is 15.9 Å². The predicted molar refractivity (Wildman–Crippen MR) is 74.5 cm³/mol. The topological polar surface area (TPSA) is 29.9 Å². The summed E-state index contributed by atoms with van der Waals surface area (Å²) in [5, 5.41) is 8.17. The summed E-state index contributed by atoms with van der Waals surface area (Å²) in [6, 6.07) is 0. The molecule has 0 saturated carbocycles. The fraction of sp³-hybridized carbons (Fsp3) is 0.769. The van der Waals surface area contributed by atoms with E-state index >= 15 is 0 Å². The van der Waals surface area contributed by atoms with Crippen LogP contribution in [0.1, 0.15) is 50.9 Å². The minimum atomic E-state index is 0.0942. The lowest BCUT2D eigenvalue weighted by atomic mass is 9.90. The van der Waals surface area contributed by atoms with E-state index in [1.54, 1.807) is 0 Å². The number of aryl methyl sites for hydroxylation is 1. The maximum Gasteiger partial charge on any atom is 0.0822 e. The third-order valence-electron chi connectivity index (χ3n) is 3.43. The van der Waals surface area contributed by atoms with E-state index in [1.807, 2.05) is 0 Å². The molecule has 96 valence electrons. The van der Waals surface area contributed by atoms with Gasteiger partial charge in [-0.05, 0) is 35.3 Å². The van der Waals surface area contributed by atoms with Gasteiger partial charge in [0.1, 0.15) is 0 Å². The molecule has 3 nitrogen and oxygen atoms in total. The molecule has 0 aliphatic carbocycles. The zero-order valence-electron chi connectivity index (χ0n) is 11.2. The molecule has 1 N–H and O–H groups in total. The van der Waals surface area contributed by atoms with Crippen LogP contribution in [0.15, 0.2) is 4.47 Å². The van der Waals surface area contributed by atoms with Crippen molar-refractivity contribution in [2.75, 3.05) is 13.1 Å². The SMILES string of the molecule is Cn1nc(C(C)(C)C)c(Br)c1C1CCCNC1. The summed E-state index contributed by atoms with van der Waals surface area (Å²) in [6.45, 7) is 8.86. The van der Waals surface area contributed by atoms with Gasteiger partial charge < -0.3 is 5.32 Å². The van der Waals surface area contributed by atoms with Crippen LogP contribution in [0, 0.1) is 0 Å². The van der Waals surface area contributed by atoms with Gasteiger partial charge >= 0.3 is 0 Å². The number of nitrogens with zero attached hydrogens (tertiary/aromatic N) is 2. The molecule has 0 aromatic carbocycles. The van der Waals surface area contributed by atoms with Gasteiger partial charge in [0, 0.05) is 24.9 Å². The number of hydrogen-bond donors (Lipinski definition) is 1. The van der Waals surface area contributed by atoms with Crippen molar-refractivity contribution in [1.82, 2.24) is 15.1 Å². The average Bonchev–Trinajstić information content (AvgIpc) is 2.55. The summed E-state index contributed by atoms with van der Waals surface area (Å²) in [4.78, 5) is 0. The Morgan fingerprint density at radius 3 is 2.59 bits per heavy atom. The first-order valence-corrected chi connectivity index (χ1v) is 7.14. The molecule has 1 fully saturated rings. The Balaban J connectivity index is 2.37. The highest BCUT2D eigenvalue weighted by molar-refractivity contribution is 9.10. The number of hydrogen-bond acceptors (Lipinski definition) is 2. The van der Waals surface area contributed by atoms with Crippen LogP contribution in [-0.2, 0) is 12.5 Å². The Morgan fingerprint density at radius 2 is 2.12 bits per heavy atom. The molecule has 1 saturated heterocycles. The number of halogens is 1. The van der Waals surface area contributed by atoms with Crippen molar-refractivity contribution in [2.24, 2.45) is 7.05 Å². The summed E-state index contributed by atoms with van der Waals surface area (Å²) in [5.74, 6) is 0.590. The van der Waals surface area contributed by atoms with E-state index in [9.17, 15) is 0 Å². The number of piperidine rings is 1. The standard InChI is InChI=1S/C13H22BrN3/c1-13(2,3)12-10(14)11(17(4)16-12)9-6-5-7-15-8-9/h9,15H,5-8H2,1-4H3. The van der Waals surface area contributed by atoms with E-state index in [0.717, 1.165) is 13.1 Å². The first-order valence-electron chi connectivity index (χ1n) is 6.35. The lowest BCUT2D eigenvalue weighted by molar-refractivity contribution is 0.440. The third-order valence-corrected chi connectivity index (χ3v) is 4.21. The van der Waals surface area contributed by atoms with Crippen LogP contribution in [0.2, 0.25) is 0 Å². The molecular weight excluding hydrogens is 278 g/mol. The molecule has 1 aliphatic heterocycles. The van der Waals surface area contributed by atoms with Crippen molar-refractivity contribution < 1.29 is 0 Å². The van der Waals surface area contributed by atoms with E-state index in [4.69, 9.17) is 5.10 Å². The summed E-state index contributed by atoms with van der Waals surface area (Å²) in [7, 11) is 2.06. The molecule has 0 bridgehead atoms. The zero-order valence-corrected chi connectivity index (χ0v) is 12.8. The summed E-state index contributed by atoms with van der Waals surface area (Å²) >= 11 is 3.76. The molecule has 17 heavy (non-hydrogen) atoms. The Labute approximate surface area is 112 Å². The summed E-state index contributed by atoms with van der Waals surface area (Å²) in [5.41, 5.74) is 2.61. The molecule has 1 aromatic heterocycles. The van der Waals surface area contributed by atoms with Gasteiger partial charge in [0.2, 0.25) is 0 Å². The second-order valence-electron chi connectivity index (χ2n) is 5.96. The fourth-order valence-corrected chi connectivity index (χ4v) is 3.77. The van der Waals surface area contributed by atoms with Crippen LogP contribution >= 0.6 is 15.9 Å². The molecule has 0 amide bonds. The van der Waals surface area contributed by atoms with Crippen LogP contribution in [0.5, 0.6) is 0 Å². The third kappa shape index (κ3) is 2.58. The number of nitrogens with one attached hydrogen (secondary N) is 1. The van der Waals surface area contributed by atoms with Gasteiger partial charge in [0.05, 0.1) is 15.9 Å². The average molecular weight is 300 g/mol. The fourth-order valence-electron chi connectivity index (χ4n) is 2.52. The summed E-state index contributed by atoms with van der Waals surface area (Å²) < 4.78 is 3.27. The highest BCUT2D eigenvalue weighted by Crippen LogP contribution is 2.36. The molecule has 1 aliphatic rings. The van der Waals surface area contributed by atoms with E-state index in [0.29, 0.717) is 5.92 Å². The highest BCUT2D eigenvalue weighted by atomic mass is 79.9. The van der Waals surface area contributed by atoms with Crippen LogP contribution in [0.25, 0.3) is 0 Å². The Hall–Kier alpha value is -0.350. The Kier molecular flexibility index (Phi) is 3.64. The van der Waals surface area contributed by atoms with Crippen molar-refractivity contribution in [1.29, 1.82) is 0 Å². The maximum absolute atomic E-state index is 4.70. The molecule has 4 heteroatoms. The largest absolute Gasteiger partial charge is 0.316 e. The Morgan fingerprint density at radius 1 is 1.41 bits per heavy atom. The van der Waals surface area contributed by atoms with Gasteiger partial charge in [0.15, 0.2) is 0 Å². The van der Waals surface area contributed by atoms with Crippen molar-refractivity contribution in [3.63, 3.8) is 0 Å². The maximum atomic E-state index is 4.70. The van der Waals surface area contributed by atoms with E-state index < -0.39 is 0 Å². The normalized spacial score (nSPS) is 21.8. The monoisotopic (exact) mass is 299 g/mol. The molecule has 0 spiro atoms. The van der Waals surface area contributed by atoms with Crippen LogP contribution < -0.4 is 5.32 Å². The van der Waals surface area contributed by atoms with Gasteiger partial charge in [-0.1, -0.05) is 20.8 Å². The summed E-state index contributed by atoms with van der Waals surface area (Å²) in [6.07, 6.45) is 2.52. The molecule has 2 rings (SSSR count).